The highest BCUT2D eigenvalue weighted by Crippen LogP contribution is 2.24. The first-order valence-corrected chi connectivity index (χ1v) is 5.35. The average molecular weight is 217 g/mol. The van der Waals surface area contributed by atoms with Crippen LogP contribution in [-0.4, -0.2) is 32.1 Å². The second kappa shape index (κ2) is 3.04. The summed E-state index contributed by atoms with van der Waals surface area (Å²) in [6.07, 6.45) is 10.4. The second-order valence-corrected chi connectivity index (χ2v) is 4.18. The van der Waals surface area contributed by atoms with E-state index in [1.54, 1.807) is 0 Å². The second-order valence-electron chi connectivity index (χ2n) is 4.18. The molecule has 84 valence electrons. The summed E-state index contributed by atoms with van der Waals surface area (Å²) in [5, 5.41) is 0. The SMILES string of the molecule is C[C@H]1N(C)C=CN1c1cn2ccnc2n1C. The maximum Gasteiger partial charge on any atom is 0.215 e. The minimum atomic E-state index is 0.346. The number of hydrogen-bond donors (Lipinski definition) is 0. The fraction of sp³-hybridized carbons (Fsp3) is 0.364. The van der Waals surface area contributed by atoms with Crippen molar-refractivity contribution in [1.29, 1.82) is 0 Å². The Hall–Kier alpha value is -1.91. The van der Waals surface area contributed by atoms with E-state index in [1.807, 2.05) is 23.8 Å². The van der Waals surface area contributed by atoms with Crippen LogP contribution < -0.4 is 4.90 Å². The van der Waals surface area contributed by atoms with Crippen molar-refractivity contribution < 1.29 is 0 Å². The molecule has 0 saturated heterocycles. The molecule has 0 bridgehead atoms. The largest absolute Gasteiger partial charge is 0.359 e. The molecule has 3 rings (SSSR count). The number of hydrogen-bond acceptors (Lipinski definition) is 3. The monoisotopic (exact) mass is 217 g/mol. The fourth-order valence-corrected chi connectivity index (χ4v) is 2.11. The van der Waals surface area contributed by atoms with Crippen LogP contribution in [0.3, 0.4) is 0 Å². The van der Waals surface area contributed by atoms with Gasteiger partial charge in [-0.05, 0) is 6.92 Å². The van der Waals surface area contributed by atoms with Crippen LogP contribution in [0, 0.1) is 0 Å². The zero-order chi connectivity index (χ0) is 11.3. The molecular weight excluding hydrogens is 202 g/mol. The van der Waals surface area contributed by atoms with Crippen LogP contribution in [0.5, 0.6) is 0 Å². The van der Waals surface area contributed by atoms with Gasteiger partial charge < -0.3 is 9.80 Å². The number of aryl methyl sites for hydroxylation is 1. The van der Waals surface area contributed by atoms with Crippen LogP contribution in [0.1, 0.15) is 6.92 Å². The summed E-state index contributed by atoms with van der Waals surface area (Å²) in [7, 11) is 4.12. The van der Waals surface area contributed by atoms with Gasteiger partial charge in [-0.25, -0.2) is 4.98 Å². The molecule has 5 nitrogen and oxygen atoms in total. The number of fused-ring (bicyclic) bond motifs is 1. The van der Waals surface area contributed by atoms with Crippen molar-refractivity contribution in [2.75, 3.05) is 11.9 Å². The van der Waals surface area contributed by atoms with E-state index in [0.717, 1.165) is 11.6 Å². The summed E-state index contributed by atoms with van der Waals surface area (Å²) < 4.78 is 4.13. The van der Waals surface area contributed by atoms with Gasteiger partial charge >= 0.3 is 0 Å². The lowest BCUT2D eigenvalue weighted by Gasteiger charge is -2.26. The van der Waals surface area contributed by atoms with E-state index in [4.69, 9.17) is 0 Å². The molecule has 2 aromatic heterocycles. The van der Waals surface area contributed by atoms with Gasteiger partial charge in [0.05, 0.1) is 6.20 Å². The van der Waals surface area contributed by atoms with E-state index in [0.29, 0.717) is 6.17 Å². The molecule has 0 spiro atoms. The number of aromatic nitrogens is 3. The van der Waals surface area contributed by atoms with Crippen LogP contribution in [0.4, 0.5) is 5.82 Å². The number of anilines is 1. The van der Waals surface area contributed by atoms with E-state index >= 15 is 0 Å². The quantitative estimate of drug-likeness (QED) is 0.719. The Labute approximate surface area is 94.2 Å². The van der Waals surface area contributed by atoms with Crippen molar-refractivity contribution in [3.8, 4) is 0 Å². The topological polar surface area (TPSA) is 28.7 Å². The van der Waals surface area contributed by atoms with Gasteiger partial charge in [-0.1, -0.05) is 0 Å². The molecule has 0 aromatic carbocycles. The third-order valence-corrected chi connectivity index (χ3v) is 3.27. The number of rotatable bonds is 1. The third kappa shape index (κ3) is 1.08. The lowest BCUT2D eigenvalue weighted by molar-refractivity contribution is 0.381. The van der Waals surface area contributed by atoms with Crippen molar-refractivity contribution in [1.82, 2.24) is 18.9 Å². The molecule has 0 amide bonds. The molecule has 1 atom stereocenters. The molecule has 1 aliphatic rings. The highest BCUT2D eigenvalue weighted by Gasteiger charge is 2.23. The Morgan fingerprint density at radius 1 is 1.25 bits per heavy atom. The summed E-state index contributed by atoms with van der Waals surface area (Å²) in [6, 6.07) is 0. The van der Waals surface area contributed by atoms with Crippen LogP contribution >= 0.6 is 0 Å². The van der Waals surface area contributed by atoms with E-state index in [-0.39, 0.29) is 0 Å². The predicted octanol–water partition coefficient (Wildman–Crippen LogP) is 1.24. The fourth-order valence-electron chi connectivity index (χ4n) is 2.11. The number of imidazole rings is 2. The highest BCUT2D eigenvalue weighted by molar-refractivity contribution is 5.52. The molecule has 0 unspecified atom stereocenters. The van der Waals surface area contributed by atoms with Crippen molar-refractivity contribution in [3.63, 3.8) is 0 Å². The zero-order valence-electron chi connectivity index (χ0n) is 9.70. The molecule has 0 fully saturated rings. The van der Waals surface area contributed by atoms with Crippen LogP contribution in [-0.2, 0) is 7.05 Å². The molecule has 0 aliphatic carbocycles. The Kier molecular flexibility index (Phi) is 1.77. The van der Waals surface area contributed by atoms with E-state index in [1.165, 1.54) is 0 Å². The lowest BCUT2D eigenvalue weighted by atomic mass is 10.4. The number of nitrogens with zero attached hydrogens (tertiary/aromatic N) is 5. The van der Waals surface area contributed by atoms with E-state index in [2.05, 4.69) is 51.9 Å². The smallest absolute Gasteiger partial charge is 0.215 e. The van der Waals surface area contributed by atoms with Gasteiger partial charge in [0.25, 0.3) is 0 Å². The minimum absolute atomic E-state index is 0.346. The summed E-state index contributed by atoms with van der Waals surface area (Å²) in [4.78, 5) is 8.72. The van der Waals surface area contributed by atoms with Crippen LogP contribution in [0.15, 0.2) is 31.0 Å². The van der Waals surface area contributed by atoms with Gasteiger partial charge in [-0.2, -0.15) is 0 Å². The van der Waals surface area contributed by atoms with Gasteiger partial charge in [-0.3, -0.25) is 8.97 Å². The van der Waals surface area contributed by atoms with E-state index < -0.39 is 0 Å². The summed E-state index contributed by atoms with van der Waals surface area (Å²) in [6.45, 7) is 2.18. The first kappa shape index (κ1) is 9.33. The Morgan fingerprint density at radius 3 is 2.69 bits per heavy atom. The first-order chi connectivity index (χ1) is 7.68. The maximum atomic E-state index is 4.32. The molecule has 16 heavy (non-hydrogen) atoms. The standard InChI is InChI=1S/C11H15N5/c1-9-13(2)6-7-16(9)10-8-15-5-4-12-11(15)14(10)3/h4-9H,1-3H3/t9-/m0/s1. The first-order valence-electron chi connectivity index (χ1n) is 5.35. The lowest BCUT2D eigenvalue weighted by Crippen LogP contribution is -2.34. The maximum absolute atomic E-state index is 4.32. The summed E-state index contributed by atoms with van der Waals surface area (Å²) >= 11 is 0. The van der Waals surface area contributed by atoms with E-state index in [9.17, 15) is 0 Å². The van der Waals surface area contributed by atoms with Crippen molar-refractivity contribution in [2.24, 2.45) is 7.05 Å². The third-order valence-electron chi connectivity index (χ3n) is 3.27. The molecular formula is C11H15N5. The molecule has 2 aromatic rings. The average Bonchev–Trinajstić information content (AvgIpc) is 2.90. The van der Waals surface area contributed by atoms with Gasteiger partial charge in [-0.15, -0.1) is 0 Å². The summed E-state index contributed by atoms with van der Waals surface area (Å²) in [5.41, 5.74) is 0. The highest BCUT2D eigenvalue weighted by atomic mass is 15.4. The molecule has 5 heteroatoms. The van der Waals surface area contributed by atoms with Gasteiger partial charge in [0.15, 0.2) is 0 Å². The van der Waals surface area contributed by atoms with Crippen molar-refractivity contribution in [2.45, 2.75) is 13.1 Å². The Morgan fingerprint density at radius 2 is 2.06 bits per heavy atom. The van der Waals surface area contributed by atoms with Gasteiger partial charge in [0, 0.05) is 38.9 Å². The van der Waals surface area contributed by atoms with Crippen molar-refractivity contribution in [3.05, 3.63) is 31.0 Å². The molecule has 0 saturated carbocycles. The van der Waals surface area contributed by atoms with Crippen molar-refractivity contribution >= 4 is 11.6 Å². The Bertz CT molecular complexity index is 550. The molecule has 3 heterocycles. The van der Waals surface area contributed by atoms with Crippen LogP contribution in [0.2, 0.25) is 0 Å². The summed E-state index contributed by atoms with van der Waals surface area (Å²) in [5.74, 6) is 2.11. The normalized spacial score (nSPS) is 20.3. The minimum Gasteiger partial charge on any atom is -0.359 e. The Balaban J connectivity index is 2.09. The zero-order valence-corrected chi connectivity index (χ0v) is 9.70. The molecule has 0 radical (unpaired) electrons. The molecule has 1 aliphatic heterocycles. The van der Waals surface area contributed by atoms with Gasteiger partial charge in [0.2, 0.25) is 5.78 Å². The molecule has 0 N–H and O–H groups in total. The van der Waals surface area contributed by atoms with Gasteiger partial charge in [0.1, 0.15) is 12.0 Å². The predicted molar refractivity (Wildman–Crippen MR) is 63.0 cm³/mol. The van der Waals surface area contributed by atoms with Crippen LogP contribution in [0.25, 0.3) is 5.78 Å².